The summed E-state index contributed by atoms with van der Waals surface area (Å²) >= 11 is 7.39. The lowest BCUT2D eigenvalue weighted by Gasteiger charge is -2.31. The number of hydrogen-bond acceptors (Lipinski definition) is 7. The molecule has 1 N–H and O–H groups in total. The van der Waals surface area contributed by atoms with Crippen LogP contribution in [0.15, 0.2) is 28.8 Å². The molecule has 32 heavy (non-hydrogen) atoms. The first-order valence-corrected chi connectivity index (χ1v) is 11.5. The summed E-state index contributed by atoms with van der Waals surface area (Å²) in [7, 11) is 1.18. The van der Waals surface area contributed by atoms with E-state index in [4.69, 9.17) is 21.1 Å². The number of esters is 1. The molecule has 0 fully saturated rings. The minimum absolute atomic E-state index is 0.0438. The van der Waals surface area contributed by atoms with Gasteiger partial charge >= 0.3 is 5.97 Å². The third-order valence-electron chi connectivity index (χ3n) is 5.05. The molecule has 172 valence electrons. The molecule has 1 aliphatic heterocycles. The number of ether oxygens (including phenoxy) is 2. The lowest BCUT2D eigenvalue weighted by molar-refractivity contribution is -0.150. The number of methoxy groups -OCH3 is 1. The minimum Gasteiger partial charge on any atom is -0.492 e. The average Bonchev–Trinajstić information content (AvgIpc) is 2.78. The first-order chi connectivity index (χ1) is 15.3. The fourth-order valence-electron chi connectivity index (χ4n) is 3.46. The number of nitrogens with one attached hydrogen (secondary N) is 1. The largest absolute Gasteiger partial charge is 0.492 e. The second kappa shape index (κ2) is 11.8. The van der Waals surface area contributed by atoms with Crippen molar-refractivity contribution in [2.24, 2.45) is 5.92 Å². The molecule has 2 atom stereocenters. The smallest absolute Gasteiger partial charge is 0.319 e. The fraction of sp³-hybridized carbons (Fsp3) is 0.455. The van der Waals surface area contributed by atoms with Crippen molar-refractivity contribution < 1.29 is 23.9 Å². The molecule has 1 heterocycles. The predicted molar refractivity (Wildman–Crippen MR) is 122 cm³/mol. The van der Waals surface area contributed by atoms with Crippen molar-refractivity contribution in [3.8, 4) is 11.8 Å². The van der Waals surface area contributed by atoms with E-state index in [1.807, 2.05) is 20.8 Å². The van der Waals surface area contributed by atoms with Gasteiger partial charge in [0.15, 0.2) is 0 Å². The lowest BCUT2D eigenvalue weighted by atomic mass is 9.78. The van der Waals surface area contributed by atoms with Crippen LogP contribution in [0.2, 0.25) is 5.02 Å². The third-order valence-corrected chi connectivity index (χ3v) is 6.35. The molecule has 0 saturated carbocycles. The quantitative estimate of drug-likeness (QED) is 0.428. The van der Waals surface area contributed by atoms with E-state index in [1.165, 1.54) is 7.11 Å². The van der Waals surface area contributed by atoms with Crippen molar-refractivity contribution in [1.29, 1.82) is 5.26 Å². The monoisotopic (exact) mass is 479 g/mol. The Morgan fingerprint density at radius 1 is 1.28 bits per heavy atom. The molecule has 1 aromatic carbocycles. The van der Waals surface area contributed by atoms with Gasteiger partial charge in [-0.1, -0.05) is 29.4 Å². The number of allylic oxidation sites excluding steroid dienone is 1. The highest BCUT2D eigenvalue weighted by atomic mass is 35.5. The Morgan fingerprint density at radius 2 is 1.97 bits per heavy atom. The summed E-state index contributed by atoms with van der Waals surface area (Å²) in [5.74, 6) is -3.18. The van der Waals surface area contributed by atoms with E-state index >= 15 is 0 Å². The van der Waals surface area contributed by atoms with Crippen LogP contribution in [-0.4, -0.2) is 55.2 Å². The molecular formula is C22H26ClN3O5S. The summed E-state index contributed by atoms with van der Waals surface area (Å²) in [5.41, 5.74) is 0.658. The van der Waals surface area contributed by atoms with Crippen LogP contribution in [0.1, 0.15) is 32.3 Å². The molecule has 0 unspecified atom stereocenters. The zero-order chi connectivity index (χ0) is 23.8. The number of rotatable bonds is 9. The SMILES string of the molecule is CCOc1ccc([C@H]2C(C#N)=C(SCC(=O)N(CC)CC)NC(=O)[C@@H]2C(=O)OC)cc1Cl. The van der Waals surface area contributed by atoms with Gasteiger partial charge < -0.3 is 19.7 Å². The maximum absolute atomic E-state index is 12.9. The summed E-state index contributed by atoms with van der Waals surface area (Å²) < 4.78 is 10.3. The molecule has 0 saturated heterocycles. The van der Waals surface area contributed by atoms with Gasteiger partial charge in [0.2, 0.25) is 11.8 Å². The van der Waals surface area contributed by atoms with Crippen molar-refractivity contribution in [1.82, 2.24) is 10.2 Å². The Labute approximate surface area is 196 Å². The second-order valence-electron chi connectivity index (χ2n) is 6.80. The van der Waals surface area contributed by atoms with Crippen molar-refractivity contribution >= 4 is 41.1 Å². The van der Waals surface area contributed by atoms with E-state index in [0.717, 1.165) is 11.8 Å². The van der Waals surface area contributed by atoms with Crippen molar-refractivity contribution in [2.75, 3.05) is 32.6 Å². The van der Waals surface area contributed by atoms with E-state index in [1.54, 1.807) is 23.1 Å². The molecule has 0 aromatic heterocycles. The summed E-state index contributed by atoms with van der Waals surface area (Å²) in [5, 5.41) is 13.1. The Balaban J connectivity index is 2.51. The molecule has 2 rings (SSSR count). The topological polar surface area (TPSA) is 109 Å². The second-order valence-corrected chi connectivity index (χ2v) is 8.19. The molecule has 1 aliphatic rings. The average molecular weight is 480 g/mol. The van der Waals surface area contributed by atoms with E-state index in [0.29, 0.717) is 36.0 Å². The molecule has 0 aliphatic carbocycles. The molecular weight excluding hydrogens is 454 g/mol. The number of hydrogen-bond donors (Lipinski definition) is 1. The number of nitrogens with zero attached hydrogens (tertiary/aromatic N) is 2. The molecule has 1 aromatic rings. The van der Waals surface area contributed by atoms with Gasteiger partial charge in [-0.05, 0) is 38.5 Å². The molecule has 10 heteroatoms. The lowest BCUT2D eigenvalue weighted by Crippen LogP contribution is -2.44. The first-order valence-electron chi connectivity index (χ1n) is 10.2. The van der Waals surface area contributed by atoms with Gasteiger partial charge in [0, 0.05) is 19.0 Å². The zero-order valence-electron chi connectivity index (χ0n) is 18.4. The normalized spacial score (nSPS) is 17.9. The van der Waals surface area contributed by atoms with E-state index < -0.39 is 23.7 Å². The Morgan fingerprint density at radius 3 is 2.50 bits per heavy atom. The molecule has 0 spiro atoms. The zero-order valence-corrected chi connectivity index (χ0v) is 20.0. The van der Waals surface area contributed by atoms with Gasteiger partial charge in [-0.3, -0.25) is 14.4 Å². The van der Waals surface area contributed by atoms with Crippen molar-refractivity contribution in [3.05, 3.63) is 39.4 Å². The summed E-state index contributed by atoms with van der Waals surface area (Å²) in [6, 6.07) is 6.98. The predicted octanol–water partition coefficient (Wildman–Crippen LogP) is 3.08. The van der Waals surface area contributed by atoms with Gasteiger partial charge in [0.05, 0.1) is 41.2 Å². The first kappa shape index (κ1) is 25.6. The summed E-state index contributed by atoms with van der Waals surface area (Å²) in [4.78, 5) is 39.4. The van der Waals surface area contributed by atoms with Crippen LogP contribution in [-0.2, 0) is 19.1 Å². The van der Waals surface area contributed by atoms with Crippen molar-refractivity contribution in [3.63, 3.8) is 0 Å². The van der Waals surface area contributed by atoms with Crippen LogP contribution < -0.4 is 10.1 Å². The fourth-order valence-corrected chi connectivity index (χ4v) is 4.66. The van der Waals surface area contributed by atoms with E-state index in [-0.39, 0.29) is 22.3 Å². The Bertz CT molecular complexity index is 955. The van der Waals surface area contributed by atoms with E-state index in [2.05, 4.69) is 11.4 Å². The van der Waals surface area contributed by atoms with Crippen LogP contribution in [0.3, 0.4) is 0 Å². The van der Waals surface area contributed by atoms with Crippen LogP contribution in [0.4, 0.5) is 0 Å². The number of carbonyl (C=O) groups excluding carboxylic acids is 3. The highest BCUT2D eigenvalue weighted by molar-refractivity contribution is 8.03. The van der Waals surface area contributed by atoms with Gasteiger partial charge in [-0.15, -0.1) is 0 Å². The standard InChI is InChI=1S/C22H26ClN3O5S/c1-5-26(6-2)17(27)12-32-21-14(11-24)18(19(20(28)25-21)22(29)30-4)13-8-9-16(31-7-3)15(23)10-13/h8-10,18-19H,5-7,12H2,1-4H3,(H,25,28)/t18-,19+/m0/s1. The number of benzene rings is 1. The highest BCUT2D eigenvalue weighted by Crippen LogP contribution is 2.42. The van der Waals surface area contributed by atoms with Crippen LogP contribution in [0.5, 0.6) is 5.75 Å². The molecule has 8 nitrogen and oxygen atoms in total. The van der Waals surface area contributed by atoms with Crippen LogP contribution in [0.25, 0.3) is 0 Å². The minimum atomic E-state index is -1.27. The van der Waals surface area contributed by atoms with E-state index in [9.17, 15) is 19.6 Å². The maximum atomic E-state index is 12.9. The number of carbonyl (C=O) groups is 3. The summed E-state index contributed by atoms with van der Waals surface area (Å²) in [6.45, 7) is 7.11. The number of halogens is 1. The van der Waals surface area contributed by atoms with Crippen LogP contribution in [0, 0.1) is 17.2 Å². The van der Waals surface area contributed by atoms with Gasteiger partial charge in [0.25, 0.3) is 0 Å². The van der Waals surface area contributed by atoms with Gasteiger partial charge in [-0.25, -0.2) is 0 Å². The molecule has 0 bridgehead atoms. The Kier molecular flexibility index (Phi) is 9.42. The molecule has 2 amide bonds. The third kappa shape index (κ3) is 5.56. The number of nitriles is 1. The highest BCUT2D eigenvalue weighted by Gasteiger charge is 2.44. The van der Waals surface area contributed by atoms with Gasteiger partial charge in [0.1, 0.15) is 11.7 Å². The Hall–Kier alpha value is -2.70. The summed E-state index contributed by atoms with van der Waals surface area (Å²) in [6.07, 6.45) is 0. The molecule has 0 radical (unpaired) electrons. The van der Waals surface area contributed by atoms with Crippen molar-refractivity contribution in [2.45, 2.75) is 26.7 Å². The number of thioether (sulfide) groups is 1. The van der Waals surface area contributed by atoms with Crippen LogP contribution >= 0.6 is 23.4 Å². The number of amides is 2. The maximum Gasteiger partial charge on any atom is 0.319 e. The van der Waals surface area contributed by atoms with Gasteiger partial charge in [-0.2, -0.15) is 5.26 Å².